The molecule has 0 saturated heterocycles. The van der Waals surface area contributed by atoms with Crippen LogP contribution in [0.25, 0.3) is 0 Å². The van der Waals surface area contributed by atoms with Crippen molar-refractivity contribution >= 4 is 46.1 Å². The van der Waals surface area contributed by atoms with E-state index in [4.69, 9.17) is 16.7 Å². The summed E-state index contributed by atoms with van der Waals surface area (Å²) in [5.74, 6) is 0.230. The molecule has 3 aromatic rings. The number of thiocarbonyl (C=S) groups is 1. The van der Waals surface area contributed by atoms with Gasteiger partial charge >= 0.3 is 0 Å². The van der Waals surface area contributed by atoms with Gasteiger partial charge in [-0.25, -0.2) is 4.39 Å². The van der Waals surface area contributed by atoms with Crippen LogP contribution < -0.4 is 15.5 Å². The lowest BCUT2D eigenvalue weighted by Gasteiger charge is -2.37. The Kier molecular flexibility index (Phi) is 5.40. The lowest BCUT2D eigenvalue weighted by Crippen LogP contribution is -2.48. The maximum atomic E-state index is 14.2. The minimum atomic E-state index is -0.433. The number of carbonyl (C=O) groups excluding carboxylic acids is 1. The van der Waals surface area contributed by atoms with Crippen LogP contribution in [0.2, 0.25) is 0 Å². The molecular formula is C21H19FN4O2S2. The Morgan fingerprint density at radius 1 is 1.30 bits per heavy atom. The first-order chi connectivity index (χ1) is 14.3. The van der Waals surface area contributed by atoms with E-state index in [-0.39, 0.29) is 11.7 Å². The van der Waals surface area contributed by atoms with E-state index < -0.39 is 6.04 Å². The number of allylic oxidation sites excluding steroid dienone is 1. The second-order valence-corrected chi connectivity index (χ2v) is 8.31. The van der Waals surface area contributed by atoms with E-state index in [2.05, 4.69) is 15.8 Å². The van der Waals surface area contributed by atoms with E-state index >= 15 is 0 Å². The maximum Gasteiger partial charge on any atom is 0.257 e. The molecule has 9 heteroatoms. The van der Waals surface area contributed by atoms with Gasteiger partial charge in [0.15, 0.2) is 10.9 Å². The first-order valence-electron chi connectivity index (χ1n) is 9.20. The topological polar surface area (TPSA) is 70.4 Å². The summed E-state index contributed by atoms with van der Waals surface area (Å²) >= 11 is 7.11. The first kappa shape index (κ1) is 20.2. The number of nitrogens with one attached hydrogen (secondary N) is 2. The van der Waals surface area contributed by atoms with Gasteiger partial charge in [-0.15, -0.1) is 11.3 Å². The molecule has 0 radical (unpaired) electrons. The van der Waals surface area contributed by atoms with E-state index in [1.54, 1.807) is 43.9 Å². The standard InChI is InChI=1S/C21H19FN4O2S2/c1-11-6-7-14(10-15(11)22)26-13(3)18(20(27)23-17-9-12(2)28-25-17)19(24-21(26)29)16-5-4-8-30-16/h4-10,19H,1-3H3,(H,24,29)(H,23,25,27)/t19-/m1/s1. The highest BCUT2D eigenvalue weighted by Crippen LogP contribution is 2.36. The van der Waals surface area contributed by atoms with Gasteiger partial charge in [0, 0.05) is 16.6 Å². The SMILES string of the molecule is CC1=C(C(=O)Nc2cc(C)on2)[C@@H](c2cccs2)NC(=S)N1c1ccc(C)c(F)c1. The number of amides is 1. The Morgan fingerprint density at radius 3 is 2.73 bits per heavy atom. The van der Waals surface area contributed by atoms with Crippen molar-refractivity contribution in [1.29, 1.82) is 0 Å². The van der Waals surface area contributed by atoms with Gasteiger partial charge in [0.25, 0.3) is 5.91 Å². The van der Waals surface area contributed by atoms with Crippen LogP contribution in [-0.2, 0) is 4.79 Å². The van der Waals surface area contributed by atoms with Crippen LogP contribution in [-0.4, -0.2) is 16.2 Å². The largest absolute Gasteiger partial charge is 0.360 e. The normalized spacial score (nSPS) is 16.6. The molecule has 1 aliphatic rings. The van der Waals surface area contributed by atoms with Crippen LogP contribution in [0.5, 0.6) is 0 Å². The molecule has 1 aromatic carbocycles. The number of rotatable bonds is 4. The zero-order valence-electron chi connectivity index (χ0n) is 16.5. The third-order valence-corrected chi connectivity index (χ3v) is 6.08. The van der Waals surface area contributed by atoms with Crippen molar-refractivity contribution < 1.29 is 13.7 Å². The smallest absolute Gasteiger partial charge is 0.257 e. The highest BCUT2D eigenvalue weighted by molar-refractivity contribution is 7.80. The molecule has 0 unspecified atom stereocenters. The number of carbonyl (C=O) groups is 1. The fourth-order valence-electron chi connectivity index (χ4n) is 3.35. The van der Waals surface area contributed by atoms with Crippen molar-refractivity contribution in [3.8, 4) is 0 Å². The lowest BCUT2D eigenvalue weighted by atomic mass is 9.99. The van der Waals surface area contributed by atoms with E-state index in [0.717, 1.165) is 4.88 Å². The molecule has 4 rings (SSSR count). The number of benzene rings is 1. The third kappa shape index (κ3) is 3.73. The number of aromatic nitrogens is 1. The summed E-state index contributed by atoms with van der Waals surface area (Å²) in [6, 6.07) is 9.93. The Bertz CT molecular complexity index is 1150. The molecular weight excluding hydrogens is 423 g/mol. The number of aryl methyl sites for hydroxylation is 2. The van der Waals surface area contributed by atoms with Crippen molar-refractivity contribution in [2.45, 2.75) is 26.8 Å². The third-order valence-electron chi connectivity index (χ3n) is 4.84. The highest BCUT2D eigenvalue weighted by Gasteiger charge is 2.35. The van der Waals surface area contributed by atoms with Crippen LogP contribution in [0.15, 0.2) is 57.6 Å². The van der Waals surface area contributed by atoms with Crippen molar-refractivity contribution in [2.75, 3.05) is 10.2 Å². The van der Waals surface area contributed by atoms with Gasteiger partial charge in [0.05, 0.1) is 17.3 Å². The van der Waals surface area contributed by atoms with Gasteiger partial charge in [0.2, 0.25) is 0 Å². The Morgan fingerprint density at radius 2 is 2.10 bits per heavy atom. The van der Waals surface area contributed by atoms with Gasteiger partial charge in [-0.3, -0.25) is 9.69 Å². The molecule has 0 bridgehead atoms. The molecule has 30 heavy (non-hydrogen) atoms. The Hall–Kier alpha value is -3.04. The van der Waals surface area contributed by atoms with E-state index in [1.165, 1.54) is 17.4 Å². The Labute approximate surface area is 182 Å². The molecule has 6 nitrogen and oxygen atoms in total. The average molecular weight is 443 g/mol. The van der Waals surface area contributed by atoms with E-state index in [1.807, 2.05) is 17.5 Å². The zero-order chi connectivity index (χ0) is 21.4. The average Bonchev–Trinajstić information content (AvgIpc) is 3.36. The second kappa shape index (κ2) is 8.00. The fourth-order valence-corrected chi connectivity index (χ4v) is 4.49. The van der Waals surface area contributed by atoms with Crippen LogP contribution in [0.3, 0.4) is 0 Å². The molecule has 0 fully saturated rings. The van der Waals surface area contributed by atoms with Crippen LogP contribution >= 0.6 is 23.6 Å². The van der Waals surface area contributed by atoms with Gasteiger partial charge in [-0.2, -0.15) is 0 Å². The Balaban J connectivity index is 1.80. The summed E-state index contributed by atoms with van der Waals surface area (Å²) in [7, 11) is 0. The summed E-state index contributed by atoms with van der Waals surface area (Å²) in [6.07, 6.45) is 0. The van der Waals surface area contributed by atoms with E-state index in [9.17, 15) is 9.18 Å². The maximum absolute atomic E-state index is 14.2. The van der Waals surface area contributed by atoms with Crippen LogP contribution in [0.4, 0.5) is 15.9 Å². The molecule has 2 N–H and O–H groups in total. The number of halogens is 1. The first-order valence-corrected chi connectivity index (χ1v) is 10.5. The molecule has 0 spiro atoms. The van der Waals surface area contributed by atoms with Crippen molar-refractivity contribution in [1.82, 2.24) is 10.5 Å². The number of hydrogen-bond donors (Lipinski definition) is 2. The molecule has 1 aliphatic heterocycles. The summed E-state index contributed by atoms with van der Waals surface area (Å²) in [6.45, 7) is 5.24. The molecule has 0 saturated carbocycles. The van der Waals surface area contributed by atoms with E-state index in [0.29, 0.717) is 39.2 Å². The second-order valence-electron chi connectivity index (χ2n) is 6.94. The van der Waals surface area contributed by atoms with Crippen molar-refractivity contribution in [2.24, 2.45) is 0 Å². The minimum Gasteiger partial charge on any atom is -0.360 e. The van der Waals surface area contributed by atoms with Crippen molar-refractivity contribution in [3.05, 3.63) is 75.1 Å². The van der Waals surface area contributed by atoms with Crippen molar-refractivity contribution in [3.63, 3.8) is 0 Å². The van der Waals surface area contributed by atoms with Gasteiger partial charge in [-0.1, -0.05) is 17.3 Å². The summed E-state index contributed by atoms with van der Waals surface area (Å²) in [5.41, 5.74) is 2.15. The number of anilines is 2. The molecule has 0 aliphatic carbocycles. The summed E-state index contributed by atoms with van der Waals surface area (Å²) < 4.78 is 19.3. The van der Waals surface area contributed by atoms with Gasteiger partial charge < -0.3 is 15.2 Å². The molecule has 2 aromatic heterocycles. The van der Waals surface area contributed by atoms with Gasteiger partial charge in [-0.05, 0) is 62.1 Å². The number of thiophene rings is 1. The lowest BCUT2D eigenvalue weighted by molar-refractivity contribution is -0.113. The minimum absolute atomic E-state index is 0.323. The molecule has 1 atom stereocenters. The summed E-state index contributed by atoms with van der Waals surface area (Å²) in [5, 5.41) is 12.2. The predicted molar refractivity (Wildman–Crippen MR) is 119 cm³/mol. The molecule has 1 amide bonds. The number of hydrogen-bond acceptors (Lipinski definition) is 5. The molecule has 154 valence electrons. The van der Waals surface area contributed by atoms with Crippen LogP contribution in [0.1, 0.15) is 29.2 Å². The highest BCUT2D eigenvalue weighted by atomic mass is 32.1. The monoisotopic (exact) mass is 442 g/mol. The van der Waals surface area contributed by atoms with Gasteiger partial charge in [0.1, 0.15) is 11.6 Å². The zero-order valence-corrected chi connectivity index (χ0v) is 18.2. The fraction of sp³-hybridized carbons (Fsp3) is 0.190. The quantitative estimate of drug-likeness (QED) is 0.564. The number of nitrogens with zero attached hydrogens (tertiary/aromatic N) is 2. The molecule has 3 heterocycles. The predicted octanol–water partition coefficient (Wildman–Crippen LogP) is 4.84. The van der Waals surface area contributed by atoms with Crippen LogP contribution in [0, 0.1) is 19.7 Å². The summed E-state index contributed by atoms with van der Waals surface area (Å²) in [4.78, 5) is 15.9.